The first kappa shape index (κ1) is 14.2. The van der Waals surface area contributed by atoms with Crippen LogP contribution in [-0.2, 0) is 4.79 Å². The molecule has 0 bridgehead atoms. The molecular weight excluding hydrogens is 242 g/mol. The molecule has 0 unspecified atom stereocenters. The summed E-state index contributed by atoms with van der Waals surface area (Å²) in [6, 6.07) is 17.2. The minimum atomic E-state index is -0.466. The van der Waals surface area contributed by atoms with Crippen molar-refractivity contribution in [1.29, 1.82) is 0 Å². The highest BCUT2D eigenvalue weighted by Crippen LogP contribution is 2.07. The molecule has 0 saturated carbocycles. The van der Waals surface area contributed by atoms with E-state index in [4.69, 9.17) is 10.2 Å². The monoisotopic (exact) mass is 252 g/mol. The zero-order chi connectivity index (χ0) is 14.1. The van der Waals surface area contributed by atoms with E-state index in [1.807, 2.05) is 12.1 Å². The molecule has 0 aliphatic heterocycles. The molecule has 2 aromatic carbocycles. The van der Waals surface area contributed by atoms with Crippen molar-refractivity contribution < 1.29 is 14.4 Å². The first-order valence-corrected chi connectivity index (χ1v) is 5.41. The Bertz CT molecular complexity index is 536. The third-order valence-electron chi connectivity index (χ3n) is 2.28. The number of carbonyl (C=O) groups is 2. The predicted molar refractivity (Wildman–Crippen MR) is 70.6 cm³/mol. The van der Waals surface area contributed by atoms with Gasteiger partial charge in [0.15, 0.2) is 0 Å². The van der Waals surface area contributed by atoms with E-state index in [-0.39, 0.29) is 0 Å². The lowest BCUT2D eigenvalue weighted by atomic mass is 10.0. The van der Waals surface area contributed by atoms with Crippen LogP contribution in [0.3, 0.4) is 0 Å². The van der Waals surface area contributed by atoms with Crippen molar-refractivity contribution in [3.05, 3.63) is 77.2 Å². The molecule has 0 radical (unpaired) electrons. The zero-order valence-corrected chi connectivity index (χ0v) is 9.95. The standard InChI is InChI=1S/C14H10O2.CNO/c15-13(11-7-3-1-4-8-11)14(16)12-9-5-2-6-10-12;2-1-3/h1-10H;/q;-1. The molecule has 0 N–H and O–H groups in total. The summed E-state index contributed by atoms with van der Waals surface area (Å²) in [5.74, 6) is -0.932. The lowest BCUT2D eigenvalue weighted by Gasteiger charge is -1.99. The van der Waals surface area contributed by atoms with Crippen LogP contribution in [-0.4, -0.2) is 17.6 Å². The molecule has 0 amide bonds. The lowest BCUT2D eigenvalue weighted by Crippen LogP contribution is -2.14. The van der Waals surface area contributed by atoms with Crippen LogP contribution < -0.4 is 0 Å². The van der Waals surface area contributed by atoms with E-state index in [1.165, 1.54) is 0 Å². The Kier molecular flexibility index (Phi) is 5.60. The largest absolute Gasteiger partial charge is 0.724 e. The van der Waals surface area contributed by atoms with E-state index in [1.54, 1.807) is 48.5 Å². The van der Waals surface area contributed by atoms with Crippen LogP contribution in [0.25, 0.3) is 5.41 Å². The van der Waals surface area contributed by atoms with Crippen LogP contribution in [0.5, 0.6) is 0 Å². The van der Waals surface area contributed by atoms with Crippen molar-refractivity contribution in [1.82, 2.24) is 0 Å². The van der Waals surface area contributed by atoms with Crippen LogP contribution in [0.15, 0.2) is 60.7 Å². The molecule has 0 aliphatic carbocycles. The van der Waals surface area contributed by atoms with Crippen molar-refractivity contribution >= 4 is 17.6 Å². The SMILES string of the molecule is O=C(C(=O)c1ccccc1)c1ccccc1.[N-]=C=O. The number of carbonyl (C=O) groups excluding carboxylic acids is 3. The Morgan fingerprint density at radius 1 is 0.737 bits per heavy atom. The van der Waals surface area contributed by atoms with Gasteiger partial charge in [-0.15, -0.1) is 0 Å². The molecular formula is C15H10NO3-. The predicted octanol–water partition coefficient (Wildman–Crippen LogP) is 2.64. The quantitative estimate of drug-likeness (QED) is 0.365. The number of Topliss-reactive ketones (excluding diaryl/α,β-unsaturated/α-hetero) is 2. The summed E-state index contributed by atoms with van der Waals surface area (Å²) in [7, 11) is 0. The van der Waals surface area contributed by atoms with Crippen LogP contribution in [0, 0.1) is 0 Å². The average molecular weight is 252 g/mol. The molecule has 4 heteroatoms. The van der Waals surface area contributed by atoms with Crippen molar-refractivity contribution in [2.75, 3.05) is 0 Å². The second-order valence-electron chi connectivity index (χ2n) is 3.48. The fourth-order valence-electron chi connectivity index (χ4n) is 1.44. The lowest BCUT2D eigenvalue weighted by molar-refractivity contribution is 0.0817. The number of hydrogen-bond donors (Lipinski definition) is 0. The van der Waals surface area contributed by atoms with Gasteiger partial charge in [-0.25, -0.2) is 0 Å². The van der Waals surface area contributed by atoms with E-state index in [0.29, 0.717) is 17.2 Å². The third-order valence-corrected chi connectivity index (χ3v) is 2.28. The fourth-order valence-corrected chi connectivity index (χ4v) is 1.44. The highest BCUT2D eigenvalue weighted by molar-refractivity contribution is 6.49. The Hall–Kier alpha value is -2.84. The normalized spacial score (nSPS) is 8.63. The first-order valence-electron chi connectivity index (χ1n) is 5.41. The van der Waals surface area contributed by atoms with E-state index in [9.17, 15) is 9.59 Å². The summed E-state index contributed by atoms with van der Waals surface area (Å²) < 4.78 is 0. The second kappa shape index (κ2) is 7.48. The maximum atomic E-state index is 11.8. The summed E-state index contributed by atoms with van der Waals surface area (Å²) in [4.78, 5) is 31.8. The molecule has 0 spiro atoms. The number of ketones is 2. The summed E-state index contributed by atoms with van der Waals surface area (Å²) >= 11 is 0. The Morgan fingerprint density at radius 2 is 1.00 bits per heavy atom. The summed E-state index contributed by atoms with van der Waals surface area (Å²) in [6.45, 7) is 0. The van der Waals surface area contributed by atoms with Crippen LogP contribution in [0.2, 0.25) is 0 Å². The molecule has 0 atom stereocenters. The summed E-state index contributed by atoms with van der Waals surface area (Å²) in [5, 5.41) is 6.76. The topological polar surface area (TPSA) is 73.5 Å². The maximum Gasteiger partial charge on any atom is 0.233 e. The molecule has 0 fully saturated rings. The van der Waals surface area contributed by atoms with E-state index in [0.717, 1.165) is 0 Å². The van der Waals surface area contributed by atoms with Gasteiger partial charge in [-0.2, -0.15) is 0 Å². The van der Waals surface area contributed by atoms with Gasteiger partial charge < -0.3 is 5.41 Å². The van der Waals surface area contributed by atoms with Crippen molar-refractivity contribution in [3.8, 4) is 0 Å². The van der Waals surface area contributed by atoms with Crippen molar-refractivity contribution in [2.24, 2.45) is 0 Å². The van der Waals surface area contributed by atoms with Crippen LogP contribution in [0.1, 0.15) is 20.7 Å². The highest BCUT2D eigenvalue weighted by atomic mass is 16.2. The zero-order valence-electron chi connectivity index (χ0n) is 9.95. The van der Waals surface area contributed by atoms with Crippen molar-refractivity contribution in [3.63, 3.8) is 0 Å². The van der Waals surface area contributed by atoms with Gasteiger partial charge in [-0.1, -0.05) is 60.7 Å². The number of hydrogen-bond acceptors (Lipinski definition) is 3. The fraction of sp³-hybridized carbons (Fsp3) is 0. The summed E-state index contributed by atoms with van der Waals surface area (Å²) in [5.41, 5.74) is 0.854. The second-order valence-corrected chi connectivity index (χ2v) is 3.48. The smallest absolute Gasteiger partial charge is 0.233 e. The molecule has 4 nitrogen and oxygen atoms in total. The minimum absolute atomic E-state index is 0.427. The molecule has 0 aromatic heterocycles. The van der Waals surface area contributed by atoms with E-state index >= 15 is 0 Å². The van der Waals surface area contributed by atoms with Gasteiger partial charge in [0.2, 0.25) is 11.6 Å². The van der Waals surface area contributed by atoms with E-state index < -0.39 is 11.6 Å². The van der Waals surface area contributed by atoms with Gasteiger partial charge in [-0.3, -0.25) is 14.4 Å². The molecule has 0 heterocycles. The highest BCUT2D eigenvalue weighted by Gasteiger charge is 2.16. The van der Waals surface area contributed by atoms with E-state index in [2.05, 4.69) is 0 Å². The average Bonchev–Trinajstić information content (AvgIpc) is 2.48. The Morgan fingerprint density at radius 3 is 1.26 bits per heavy atom. The molecule has 0 aliphatic rings. The molecule has 2 aromatic rings. The van der Waals surface area contributed by atoms with Crippen LogP contribution >= 0.6 is 0 Å². The number of nitrogens with zero attached hydrogens (tertiary/aromatic N) is 1. The minimum Gasteiger partial charge on any atom is -0.724 e. The molecule has 2 rings (SSSR count). The number of rotatable bonds is 3. The van der Waals surface area contributed by atoms with Gasteiger partial charge in [0.1, 0.15) is 0 Å². The molecule has 19 heavy (non-hydrogen) atoms. The van der Waals surface area contributed by atoms with Gasteiger partial charge in [0.25, 0.3) is 0 Å². The number of benzene rings is 2. The van der Waals surface area contributed by atoms with Crippen molar-refractivity contribution in [2.45, 2.75) is 0 Å². The molecule has 0 saturated heterocycles. The molecule has 94 valence electrons. The third kappa shape index (κ3) is 4.15. The first-order chi connectivity index (χ1) is 9.20. The van der Waals surface area contributed by atoms with Crippen LogP contribution in [0.4, 0.5) is 0 Å². The summed E-state index contributed by atoms with van der Waals surface area (Å²) in [6.07, 6.45) is 0.500. The number of isocyanates is 1. The Balaban J connectivity index is 0.000000550. The Labute approximate surface area is 110 Å². The van der Waals surface area contributed by atoms with Gasteiger partial charge in [0.05, 0.1) is 0 Å². The maximum absolute atomic E-state index is 11.8. The van der Waals surface area contributed by atoms with Gasteiger partial charge in [-0.05, 0) is 6.08 Å². The van der Waals surface area contributed by atoms with Gasteiger partial charge in [0, 0.05) is 11.1 Å². The van der Waals surface area contributed by atoms with Gasteiger partial charge >= 0.3 is 0 Å².